The van der Waals surface area contributed by atoms with E-state index in [0.29, 0.717) is 24.7 Å². The predicted octanol–water partition coefficient (Wildman–Crippen LogP) is 3.15. The Morgan fingerprint density at radius 3 is 2.81 bits per heavy atom. The van der Waals surface area contributed by atoms with Gasteiger partial charge in [0, 0.05) is 12.6 Å². The van der Waals surface area contributed by atoms with Gasteiger partial charge in [0.2, 0.25) is 5.91 Å². The maximum absolute atomic E-state index is 12.1. The molecule has 0 unspecified atom stereocenters. The van der Waals surface area contributed by atoms with Crippen LogP contribution in [0.15, 0.2) is 48.5 Å². The first-order valence-electron chi connectivity index (χ1n) is 8.58. The summed E-state index contributed by atoms with van der Waals surface area (Å²) < 4.78 is 16.3. The van der Waals surface area contributed by atoms with Crippen LogP contribution in [-0.4, -0.2) is 33.3 Å². The molecule has 0 aromatic heterocycles. The van der Waals surface area contributed by atoms with Crippen molar-refractivity contribution in [2.24, 2.45) is 0 Å². The van der Waals surface area contributed by atoms with Gasteiger partial charge in [0.25, 0.3) is 0 Å². The van der Waals surface area contributed by atoms with Crippen molar-refractivity contribution in [2.45, 2.75) is 12.5 Å². The number of carbonyl (C=O) groups excluding carboxylic acids is 1. The lowest BCUT2D eigenvalue weighted by Crippen LogP contribution is -2.30. The summed E-state index contributed by atoms with van der Waals surface area (Å²) in [6, 6.07) is 13.7. The summed E-state index contributed by atoms with van der Waals surface area (Å²) in [6.07, 6.45) is 4.07. The number of hydrogen-bond acceptors (Lipinski definition) is 4. The third-order valence-corrected chi connectivity index (χ3v) is 4.39. The highest BCUT2D eigenvalue weighted by atomic mass is 16.5. The summed E-state index contributed by atoms with van der Waals surface area (Å²) in [5.74, 6) is 1.12. The van der Waals surface area contributed by atoms with Crippen molar-refractivity contribution >= 4 is 12.0 Å². The fourth-order valence-electron chi connectivity index (χ4n) is 3.03. The molecule has 1 aliphatic heterocycles. The van der Waals surface area contributed by atoms with E-state index in [1.54, 1.807) is 20.3 Å². The van der Waals surface area contributed by atoms with Gasteiger partial charge >= 0.3 is 0 Å². The van der Waals surface area contributed by atoms with E-state index in [4.69, 9.17) is 14.2 Å². The minimum atomic E-state index is -0.161. The summed E-state index contributed by atoms with van der Waals surface area (Å²) in [7, 11) is 3.17. The second-order valence-corrected chi connectivity index (χ2v) is 6.00. The number of hydrogen-bond donors (Lipinski definition) is 1. The molecule has 0 spiro atoms. The topological polar surface area (TPSA) is 56.8 Å². The molecule has 0 saturated heterocycles. The zero-order valence-corrected chi connectivity index (χ0v) is 15.0. The van der Waals surface area contributed by atoms with Crippen molar-refractivity contribution in [3.63, 3.8) is 0 Å². The molecule has 0 radical (unpaired) electrons. The normalized spacial score (nSPS) is 16.2. The molecule has 3 rings (SSSR count). The fraction of sp³-hybridized carbons (Fsp3) is 0.286. The van der Waals surface area contributed by atoms with Crippen LogP contribution in [0.4, 0.5) is 0 Å². The zero-order chi connectivity index (χ0) is 18.4. The smallest absolute Gasteiger partial charge is 0.244 e. The molecule has 5 nitrogen and oxygen atoms in total. The van der Waals surface area contributed by atoms with Crippen molar-refractivity contribution in [3.8, 4) is 11.5 Å². The Morgan fingerprint density at radius 2 is 2.00 bits per heavy atom. The minimum Gasteiger partial charge on any atom is -0.493 e. The van der Waals surface area contributed by atoms with Crippen molar-refractivity contribution in [3.05, 3.63) is 65.2 Å². The average molecular weight is 353 g/mol. The van der Waals surface area contributed by atoms with E-state index in [1.807, 2.05) is 30.3 Å². The van der Waals surface area contributed by atoms with Crippen LogP contribution >= 0.6 is 0 Å². The molecule has 26 heavy (non-hydrogen) atoms. The maximum atomic E-state index is 12.1. The molecule has 1 amide bonds. The van der Waals surface area contributed by atoms with Crippen LogP contribution in [0.5, 0.6) is 11.5 Å². The summed E-state index contributed by atoms with van der Waals surface area (Å²) >= 11 is 0. The van der Waals surface area contributed by atoms with Gasteiger partial charge in [-0.15, -0.1) is 0 Å². The summed E-state index contributed by atoms with van der Waals surface area (Å²) in [5.41, 5.74) is 3.30. The number of benzene rings is 2. The van der Waals surface area contributed by atoms with Gasteiger partial charge in [0.15, 0.2) is 11.5 Å². The Bertz CT molecular complexity index is 800. The third-order valence-electron chi connectivity index (χ3n) is 4.39. The van der Waals surface area contributed by atoms with Gasteiger partial charge in [0.05, 0.1) is 20.8 Å². The van der Waals surface area contributed by atoms with E-state index in [1.165, 1.54) is 11.6 Å². The fourth-order valence-corrected chi connectivity index (χ4v) is 3.03. The molecule has 5 heteroatoms. The van der Waals surface area contributed by atoms with E-state index >= 15 is 0 Å². The van der Waals surface area contributed by atoms with Crippen LogP contribution in [0.25, 0.3) is 6.08 Å². The quantitative estimate of drug-likeness (QED) is 0.811. The SMILES string of the molecule is COc1ccc(/C=C/C(=O)NC[C@H]2OCCc3ccccc32)cc1OC. The molecule has 1 aliphatic rings. The molecule has 1 N–H and O–H groups in total. The Morgan fingerprint density at radius 1 is 1.19 bits per heavy atom. The van der Waals surface area contributed by atoms with Crippen molar-refractivity contribution in [1.82, 2.24) is 5.32 Å². The van der Waals surface area contributed by atoms with Crippen molar-refractivity contribution < 1.29 is 19.0 Å². The molecule has 0 saturated carbocycles. The lowest BCUT2D eigenvalue weighted by atomic mass is 9.97. The first-order chi connectivity index (χ1) is 12.7. The number of ether oxygens (including phenoxy) is 3. The highest BCUT2D eigenvalue weighted by Crippen LogP contribution is 2.28. The number of amides is 1. The Labute approximate surface area is 153 Å². The van der Waals surface area contributed by atoms with Crippen molar-refractivity contribution in [2.75, 3.05) is 27.4 Å². The molecule has 1 heterocycles. The van der Waals surface area contributed by atoms with E-state index < -0.39 is 0 Å². The number of nitrogens with one attached hydrogen (secondary N) is 1. The van der Waals surface area contributed by atoms with Crippen LogP contribution in [-0.2, 0) is 16.0 Å². The van der Waals surface area contributed by atoms with Crippen LogP contribution in [0.1, 0.15) is 22.8 Å². The maximum Gasteiger partial charge on any atom is 0.244 e. The van der Waals surface area contributed by atoms with Crippen LogP contribution in [0.2, 0.25) is 0 Å². The predicted molar refractivity (Wildman–Crippen MR) is 100 cm³/mol. The third kappa shape index (κ3) is 4.24. The van der Waals surface area contributed by atoms with Gasteiger partial charge < -0.3 is 19.5 Å². The van der Waals surface area contributed by atoms with E-state index in [9.17, 15) is 4.79 Å². The van der Waals surface area contributed by atoms with Gasteiger partial charge in [-0.2, -0.15) is 0 Å². The molecular formula is C21H23NO4. The number of fused-ring (bicyclic) bond motifs is 1. The summed E-state index contributed by atoms with van der Waals surface area (Å²) in [4.78, 5) is 12.1. The van der Waals surface area contributed by atoms with E-state index in [-0.39, 0.29) is 12.0 Å². The molecule has 1 atom stereocenters. The second-order valence-electron chi connectivity index (χ2n) is 6.00. The summed E-state index contributed by atoms with van der Waals surface area (Å²) in [5, 5.41) is 2.91. The number of methoxy groups -OCH3 is 2. The largest absolute Gasteiger partial charge is 0.493 e. The molecule has 0 fully saturated rings. The van der Waals surface area contributed by atoms with Gasteiger partial charge in [-0.25, -0.2) is 0 Å². The Hall–Kier alpha value is -2.79. The highest BCUT2D eigenvalue weighted by Gasteiger charge is 2.20. The molecule has 2 aromatic carbocycles. The Kier molecular flexibility index (Phi) is 5.92. The van der Waals surface area contributed by atoms with E-state index in [2.05, 4.69) is 17.4 Å². The lowest BCUT2D eigenvalue weighted by Gasteiger charge is -2.26. The van der Waals surface area contributed by atoms with Gasteiger partial charge in [0.1, 0.15) is 6.10 Å². The number of carbonyl (C=O) groups is 1. The van der Waals surface area contributed by atoms with Crippen LogP contribution < -0.4 is 14.8 Å². The van der Waals surface area contributed by atoms with Crippen LogP contribution in [0.3, 0.4) is 0 Å². The van der Waals surface area contributed by atoms with E-state index in [0.717, 1.165) is 17.5 Å². The summed E-state index contributed by atoms with van der Waals surface area (Å²) in [6.45, 7) is 1.13. The lowest BCUT2D eigenvalue weighted by molar-refractivity contribution is -0.117. The first-order valence-corrected chi connectivity index (χ1v) is 8.58. The van der Waals surface area contributed by atoms with Crippen LogP contribution in [0, 0.1) is 0 Å². The number of rotatable bonds is 6. The molecule has 136 valence electrons. The molecule has 2 aromatic rings. The molecule has 0 bridgehead atoms. The van der Waals surface area contributed by atoms with Gasteiger partial charge in [-0.1, -0.05) is 30.3 Å². The second kappa shape index (κ2) is 8.54. The van der Waals surface area contributed by atoms with Gasteiger partial charge in [-0.05, 0) is 41.3 Å². The van der Waals surface area contributed by atoms with Crippen molar-refractivity contribution in [1.29, 1.82) is 0 Å². The Balaban J connectivity index is 1.59. The standard InChI is InChI=1S/C21H23NO4/c1-24-18-9-7-15(13-19(18)25-2)8-10-21(23)22-14-20-17-6-4-3-5-16(17)11-12-26-20/h3-10,13,20H,11-12,14H2,1-2H3,(H,22,23)/b10-8+/t20-/m1/s1. The minimum absolute atomic E-state index is 0.0987. The molecule has 0 aliphatic carbocycles. The zero-order valence-electron chi connectivity index (χ0n) is 15.0. The highest BCUT2D eigenvalue weighted by molar-refractivity contribution is 5.91. The average Bonchev–Trinajstić information content (AvgIpc) is 2.70. The first kappa shape index (κ1) is 18.0. The van der Waals surface area contributed by atoms with Gasteiger partial charge in [-0.3, -0.25) is 4.79 Å². The monoisotopic (exact) mass is 353 g/mol. The molecular weight excluding hydrogens is 330 g/mol.